The average Bonchev–Trinajstić information content (AvgIpc) is 3.54. The first-order valence-electron chi connectivity index (χ1n) is 12.7. The normalized spacial score (nSPS) is 14.4. The van der Waals surface area contributed by atoms with Crippen molar-refractivity contribution in [2.45, 2.75) is 52.5 Å². The lowest BCUT2D eigenvalue weighted by Crippen LogP contribution is -2.40. The molecule has 0 saturated heterocycles. The quantitative estimate of drug-likeness (QED) is 0.319. The van der Waals surface area contributed by atoms with E-state index in [1.165, 1.54) is 10.9 Å². The van der Waals surface area contributed by atoms with Gasteiger partial charge in [0.05, 0.1) is 18.8 Å². The first kappa shape index (κ1) is 26.5. The molecule has 0 spiro atoms. The molecule has 0 aliphatic carbocycles. The topological polar surface area (TPSA) is 78.1 Å². The van der Waals surface area contributed by atoms with Gasteiger partial charge in [-0.2, -0.15) is 18.3 Å². The summed E-state index contributed by atoms with van der Waals surface area (Å²) in [6.45, 7) is 6.45. The van der Waals surface area contributed by atoms with Crippen molar-refractivity contribution >= 4 is 5.91 Å². The molecule has 1 atom stereocenters. The molecule has 0 N–H and O–H groups in total. The number of benzene rings is 1. The maximum absolute atomic E-state index is 14.1. The molecule has 1 aromatic carbocycles. The fraction of sp³-hybridized carbons (Fsp3) is 0.357. The number of nitrogens with zero attached hydrogens (tertiary/aromatic N) is 6. The van der Waals surface area contributed by atoms with E-state index >= 15 is 0 Å². The molecule has 11 heteroatoms. The second-order valence-electron chi connectivity index (χ2n) is 9.56. The van der Waals surface area contributed by atoms with Crippen LogP contribution in [0.15, 0.2) is 49.1 Å². The number of imidazole rings is 1. The standard InChI is InChI=1S/C28H29F3N6O2/c1-5-36-16-24(26(34-36)28(29,30)31)22-12-19(15-35-11-9-32-18(35)3)13-23-21(22)7-10-37(27(23)38)17(2)25-14-20(39-4)6-8-33-25/h6,8-9,11-14,16-17H,5,7,10,15H2,1-4H3/t17-/m1/s1. The molecule has 8 nitrogen and oxygen atoms in total. The van der Waals surface area contributed by atoms with Crippen LogP contribution in [0.2, 0.25) is 0 Å². The van der Waals surface area contributed by atoms with Gasteiger partial charge in [-0.1, -0.05) is 0 Å². The highest BCUT2D eigenvalue weighted by molar-refractivity contribution is 5.99. The van der Waals surface area contributed by atoms with Gasteiger partial charge in [-0.3, -0.25) is 14.5 Å². The number of carbonyl (C=O) groups excluding carboxylic acids is 1. The molecule has 1 aliphatic rings. The van der Waals surface area contributed by atoms with E-state index in [1.54, 1.807) is 61.8 Å². The van der Waals surface area contributed by atoms with Crippen LogP contribution in [0.25, 0.3) is 11.1 Å². The van der Waals surface area contributed by atoms with Gasteiger partial charge in [0.15, 0.2) is 5.69 Å². The second-order valence-corrected chi connectivity index (χ2v) is 9.56. The summed E-state index contributed by atoms with van der Waals surface area (Å²) in [4.78, 5) is 24.3. The number of hydrogen-bond donors (Lipinski definition) is 0. The average molecular weight is 539 g/mol. The smallest absolute Gasteiger partial charge is 0.435 e. The molecule has 0 radical (unpaired) electrons. The van der Waals surface area contributed by atoms with E-state index in [9.17, 15) is 18.0 Å². The minimum absolute atomic E-state index is 0.0198. The van der Waals surface area contributed by atoms with Crippen molar-refractivity contribution < 1.29 is 22.7 Å². The zero-order chi connectivity index (χ0) is 27.9. The zero-order valence-electron chi connectivity index (χ0n) is 22.2. The molecule has 39 heavy (non-hydrogen) atoms. The van der Waals surface area contributed by atoms with Crippen molar-refractivity contribution in [2.24, 2.45) is 0 Å². The Kier molecular flexibility index (Phi) is 6.92. The molecule has 204 valence electrons. The van der Waals surface area contributed by atoms with Crippen LogP contribution in [0, 0.1) is 6.92 Å². The molecule has 0 unspecified atom stereocenters. The van der Waals surface area contributed by atoms with Crippen LogP contribution in [0.5, 0.6) is 5.75 Å². The Labute approximate surface area is 224 Å². The van der Waals surface area contributed by atoms with E-state index in [0.717, 1.165) is 5.82 Å². The lowest BCUT2D eigenvalue weighted by molar-refractivity contribution is -0.141. The Morgan fingerprint density at radius 1 is 1.10 bits per heavy atom. The fourth-order valence-corrected chi connectivity index (χ4v) is 5.08. The summed E-state index contributed by atoms with van der Waals surface area (Å²) in [7, 11) is 1.56. The number of halogens is 3. The number of pyridine rings is 1. The van der Waals surface area contributed by atoms with Gasteiger partial charge in [0.25, 0.3) is 5.91 Å². The maximum atomic E-state index is 14.1. The summed E-state index contributed by atoms with van der Waals surface area (Å²) in [5.41, 5.74) is 1.75. The zero-order valence-corrected chi connectivity index (χ0v) is 22.2. The first-order chi connectivity index (χ1) is 18.6. The summed E-state index contributed by atoms with van der Waals surface area (Å²) < 4.78 is 50.7. The monoisotopic (exact) mass is 538 g/mol. The Morgan fingerprint density at radius 2 is 1.87 bits per heavy atom. The van der Waals surface area contributed by atoms with Gasteiger partial charge in [0.2, 0.25) is 0 Å². The molecule has 4 aromatic rings. The number of fused-ring (bicyclic) bond motifs is 1. The first-order valence-corrected chi connectivity index (χ1v) is 12.7. The highest BCUT2D eigenvalue weighted by Gasteiger charge is 2.39. The molecule has 4 heterocycles. The molecule has 3 aromatic heterocycles. The van der Waals surface area contributed by atoms with E-state index < -0.39 is 11.9 Å². The molecule has 5 rings (SSSR count). The van der Waals surface area contributed by atoms with Gasteiger partial charge in [-0.05, 0) is 62.1 Å². The van der Waals surface area contributed by atoms with Crippen molar-refractivity contribution in [3.8, 4) is 16.9 Å². The van der Waals surface area contributed by atoms with Crippen molar-refractivity contribution in [2.75, 3.05) is 13.7 Å². The Morgan fingerprint density at radius 3 is 2.54 bits per heavy atom. The van der Waals surface area contributed by atoms with Crippen molar-refractivity contribution in [3.63, 3.8) is 0 Å². The van der Waals surface area contributed by atoms with Gasteiger partial charge in [-0.25, -0.2) is 4.98 Å². The fourth-order valence-electron chi connectivity index (χ4n) is 5.08. The number of alkyl halides is 3. The van der Waals surface area contributed by atoms with Crippen LogP contribution in [-0.2, 0) is 25.7 Å². The number of aromatic nitrogens is 5. The van der Waals surface area contributed by atoms with E-state index in [-0.39, 0.29) is 24.1 Å². The van der Waals surface area contributed by atoms with E-state index in [1.807, 2.05) is 18.4 Å². The van der Waals surface area contributed by atoms with Crippen molar-refractivity contribution in [1.29, 1.82) is 0 Å². The number of aryl methyl sites for hydroxylation is 2. The number of ether oxygens (including phenoxy) is 1. The predicted octanol–water partition coefficient (Wildman–Crippen LogP) is 5.31. The van der Waals surface area contributed by atoms with Crippen LogP contribution in [0.4, 0.5) is 13.2 Å². The summed E-state index contributed by atoms with van der Waals surface area (Å²) in [5, 5.41) is 3.82. The van der Waals surface area contributed by atoms with Crippen LogP contribution >= 0.6 is 0 Å². The van der Waals surface area contributed by atoms with Crippen molar-refractivity contribution in [3.05, 3.63) is 83.0 Å². The van der Waals surface area contributed by atoms with E-state index in [2.05, 4.69) is 15.1 Å². The van der Waals surface area contributed by atoms with Gasteiger partial charge in [0, 0.05) is 61.6 Å². The largest absolute Gasteiger partial charge is 0.497 e. The van der Waals surface area contributed by atoms with Gasteiger partial charge in [-0.15, -0.1) is 0 Å². The number of carbonyl (C=O) groups is 1. The molecule has 0 saturated carbocycles. The third kappa shape index (κ3) is 5.00. The minimum Gasteiger partial charge on any atom is -0.497 e. The molecule has 0 bridgehead atoms. The number of methoxy groups -OCH3 is 1. The van der Waals surface area contributed by atoms with Crippen LogP contribution in [0.1, 0.15) is 58.6 Å². The van der Waals surface area contributed by atoms with E-state index in [0.29, 0.717) is 53.2 Å². The van der Waals surface area contributed by atoms with Gasteiger partial charge < -0.3 is 14.2 Å². The third-order valence-electron chi connectivity index (χ3n) is 7.21. The number of hydrogen-bond acceptors (Lipinski definition) is 5. The lowest BCUT2D eigenvalue weighted by Gasteiger charge is -2.34. The van der Waals surface area contributed by atoms with Gasteiger partial charge in [0.1, 0.15) is 11.6 Å². The lowest BCUT2D eigenvalue weighted by atomic mass is 9.87. The summed E-state index contributed by atoms with van der Waals surface area (Å²) in [5.74, 6) is 1.13. The Hall–Kier alpha value is -4.15. The highest BCUT2D eigenvalue weighted by atomic mass is 19.4. The summed E-state index contributed by atoms with van der Waals surface area (Å²) in [6.07, 6.45) is 2.26. The van der Waals surface area contributed by atoms with Crippen molar-refractivity contribution in [1.82, 2.24) is 29.2 Å². The molecular weight excluding hydrogens is 509 g/mol. The SMILES string of the molecule is CCn1cc(-c2cc(Cn3ccnc3C)cc3c2CCN([C@H](C)c2cc(OC)ccn2)C3=O)c(C(F)(F)F)n1. The highest BCUT2D eigenvalue weighted by Crippen LogP contribution is 2.41. The Balaban J connectivity index is 1.63. The molecule has 0 fully saturated rings. The van der Waals surface area contributed by atoms with E-state index in [4.69, 9.17) is 4.74 Å². The second kappa shape index (κ2) is 10.2. The number of amides is 1. The predicted molar refractivity (Wildman–Crippen MR) is 138 cm³/mol. The maximum Gasteiger partial charge on any atom is 0.435 e. The summed E-state index contributed by atoms with van der Waals surface area (Å²) in [6, 6.07) is 6.69. The minimum atomic E-state index is -4.64. The summed E-state index contributed by atoms with van der Waals surface area (Å²) >= 11 is 0. The molecule has 1 aliphatic heterocycles. The molecular formula is C28H29F3N6O2. The van der Waals surface area contributed by atoms with Crippen LogP contribution < -0.4 is 4.74 Å². The molecule has 1 amide bonds. The van der Waals surface area contributed by atoms with Gasteiger partial charge >= 0.3 is 6.18 Å². The van der Waals surface area contributed by atoms with Crippen LogP contribution in [-0.4, -0.2) is 48.8 Å². The number of rotatable bonds is 7. The Bertz CT molecular complexity index is 1520. The van der Waals surface area contributed by atoms with Crippen LogP contribution in [0.3, 0.4) is 0 Å². The third-order valence-corrected chi connectivity index (χ3v) is 7.21.